The number of carbonyl (C=O) groups excluding carboxylic acids is 1. The van der Waals surface area contributed by atoms with Crippen LogP contribution in [0.4, 0.5) is 0 Å². The van der Waals surface area contributed by atoms with Crippen LogP contribution in [0.3, 0.4) is 0 Å². The number of rotatable bonds is 8. The number of hydrogen-bond donors (Lipinski definition) is 9. The van der Waals surface area contributed by atoms with Crippen LogP contribution in [-0.4, -0.2) is 119 Å². The summed E-state index contributed by atoms with van der Waals surface area (Å²) in [6.07, 6.45) is -6.03. The Morgan fingerprint density at radius 2 is 1.54 bits per heavy atom. The van der Waals surface area contributed by atoms with Crippen LogP contribution in [0.15, 0.2) is 0 Å². The lowest BCUT2D eigenvalue weighted by atomic mass is 9.41. The number of hydrogen-bond acceptors (Lipinski definition) is 12. The van der Waals surface area contributed by atoms with Gasteiger partial charge in [-0.3, -0.25) is 4.79 Å². The molecule has 0 bridgehead atoms. The van der Waals surface area contributed by atoms with E-state index in [1.165, 1.54) is 0 Å². The van der Waals surface area contributed by atoms with Crippen LogP contribution in [0.1, 0.15) is 99.3 Å². The predicted molar refractivity (Wildman–Crippen MR) is 171 cm³/mol. The van der Waals surface area contributed by atoms with Gasteiger partial charge < -0.3 is 55.4 Å². The first-order valence-corrected chi connectivity index (χ1v) is 18.1. The average Bonchev–Trinajstić information content (AvgIpc) is 3.64. The van der Waals surface area contributed by atoms with Crippen molar-refractivity contribution in [2.75, 3.05) is 6.61 Å². The zero-order chi connectivity index (χ0) is 35.6. The first-order valence-electron chi connectivity index (χ1n) is 18.1. The molecule has 1 saturated heterocycles. The molecule has 6 aliphatic rings. The molecule has 1 aliphatic heterocycles. The smallest absolute Gasteiger partial charge is 0.317 e. The molecule has 9 N–H and O–H groups in total. The molecule has 12 nitrogen and oxygen atoms in total. The molecule has 48 heavy (non-hydrogen) atoms. The Labute approximate surface area is 283 Å². The van der Waals surface area contributed by atoms with Crippen LogP contribution in [0, 0.1) is 50.7 Å². The summed E-state index contributed by atoms with van der Waals surface area (Å²) >= 11 is 0. The molecule has 0 aromatic carbocycles. The van der Waals surface area contributed by atoms with Gasteiger partial charge in [0.25, 0.3) is 0 Å². The van der Waals surface area contributed by atoms with Crippen LogP contribution >= 0.6 is 0 Å². The van der Waals surface area contributed by atoms with Crippen molar-refractivity contribution in [2.24, 2.45) is 50.7 Å². The summed E-state index contributed by atoms with van der Waals surface area (Å²) < 4.78 is 11.1. The maximum absolute atomic E-state index is 14.1. The van der Waals surface area contributed by atoms with Crippen molar-refractivity contribution >= 4 is 5.97 Å². The van der Waals surface area contributed by atoms with Crippen molar-refractivity contribution in [1.82, 2.24) is 0 Å². The molecule has 0 amide bonds. The van der Waals surface area contributed by atoms with Gasteiger partial charge in [-0.1, -0.05) is 20.8 Å². The minimum absolute atomic E-state index is 0.00534. The lowest BCUT2D eigenvalue weighted by Gasteiger charge is -2.64. The summed E-state index contributed by atoms with van der Waals surface area (Å²) in [5.41, 5.74) is -3.80. The highest BCUT2D eigenvalue weighted by molar-refractivity contribution is 5.78. The van der Waals surface area contributed by atoms with Crippen molar-refractivity contribution in [3.8, 4) is 0 Å². The van der Waals surface area contributed by atoms with Crippen LogP contribution in [0.5, 0.6) is 0 Å². The van der Waals surface area contributed by atoms with Gasteiger partial charge >= 0.3 is 5.97 Å². The third kappa shape index (κ3) is 4.80. The molecule has 0 aromatic heterocycles. The van der Waals surface area contributed by atoms with Crippen molar-refractivity contribution in [1.29, 1.82) is 0 Å². The minimum Gasteiger partial charge on any atom is -0.432 e. The van der Waals surface area contributed by atoms with E-state index in [1.54, 1.807) is 20.8 Å². The van der Waals surface area contributed by atoms with Gasteiger partial charge in [0.15, 0.2) is 0 Å². The molecular weight excluding hydrogens is 624 g/mol. The zero-order valence-electron chi connectivity index (χ0n) is 29.3. The average molecular weight is 685 g/mol. The second kappa shape index (κ2) is 11.8. The number of esters is 1. The standard InChI is InChI=1S/C36H60O12/c1-17(19(38)13-23(39)31(2,3)46)18-9-10-33(5)21-7-8-22-34(6,30(45)48-29-28(44)27(43)26(42)20(15-37)47-29)24(40)14-25(41)36(22)16-35(21,36)12-11-32(18,33)4/h17-29,37-44,46H,7-16H2,1-6H3/t17-,18+,19+,20-,21+,22-,23-,24-,25+,26+,27+,28+,29+,32+,33-,34-,35+,36-/m0/s1. The van der Waals surface area contributed by atoms with Gasteiger partial charge in [-0.15, -0.1) is 0 Å². The fraction of sp³-hybridized carbons (Fsp3) is 0.972. The minimum atomic E-state index is -1.76. The number of ether oxygens (including phenoxy) is 2. The largest absolute Gasteiger partial charge is 0.432 e. The molecule has 12 heteroatoms. The summed E-state index contributed by atoms with van der Waals surface area (Å²) in [6, 6.07) is 0. The third-order valence-corrected chi connectivity index (χ3v) is 15.9. The Morgan fingerprint density at radius 3 is 2.17 bits per heavy atom. The summed E-state index contributed by atoms with van der Waals surface area (Å²) in [7, 11) is 0. The molecule has 6 fully saturated rings. The van der Waals surface area contributed by atoms with Gasteiger partial charge in [0.2, 0.25) is 6.29 Å². The quantitative estimate of drug-likeness (QED) is 0.161. The fourth-order valence-electron chi connectivity index (χ4n) is 12.6. The fourth-order valence-corrected chi connectivity index (χ4v) is 12.6. The van der Waals surface area contributed by atoms with E-state index in [2.05, 4.69) is 20.8 Å². The van der Waals surface area contributed by atoms with E-state index in [4.69, 9.17) is 9.47 Å². The highest BCUT2D eigenvalue weighted by Crippen LogP contribution is 2.89. The molecule has 6 rings (SSSR count). The second-order valence-electron chi connectivity index (χ2n) is 18.0. The molecule has 0 aromatic rings. The molecule has 0 radical (unpaired) electrons. The van der Waals surface area contributed by atoms with Gasteiger partial charge in [0.05, 0.1) is 42.0 Å². The molecule has 5 aliphatic carbocycles. The molecule has 1 heterocycles. The van der Waals surface area contributed by atoms with Crippen molar-refractivity contribution in [3.63, 3.8) is 0 Å². The summed E-state index contributed by atoms with van der Waals surface area (Å²) in [6.45, 7) is 10.9. The topological polar surface area (TPSA) is 218 Å². The number of carbonyl (C=O) groups is 1. The molecule has 5 saturated carbocycles. The Balaban J connectivity index is 1.25. The van der Waals surface area contributed by atoms with Gasteiger partial charge in [-0.25, -0.2) is 0 Å². The highest BCUT2D eigenvalue weighted by atomic mass is 16.7. The normalized spacial score (nSPS) is 53.4. The number of fused-ring (bicyclic) bond motifs is 2. The first-order chi connectivity index (χ1) is 22.2. The van der Waals surface area contributed by atoms with Gasteiger partial charge in [0, 0.05) is 18.3 Å². The summed E-state index contributed by atoms with van der Waals surface area (Å²) in [5, 5.41) is 96.1. The van der Waals surface area contributed by atoms with Gasteiger partial charge in [-0.05, 0) is 106 Å². The van der Waals surface area contributed by atoms with Crippen LogP contribution in [-0.2, 0) is 14.3 Å². The molecule has 0 unspecified atom stereocenters. The van der Waals surface area contributed by atoms with Crippen molar-refractivity contribution in [2.45, 2.75) is 160 Å². The zero-order valence-corrected chi connectivity index (χ0v) is 29.3. The lowest BCUT2D eigenvalue weighted by Crippen LogP contribution is -2.65. The Hall–Kier alpha value is -0.930. The summed E-state index contributed by atoms with van der Waals surface area (Å²) in [4.78, 5) is 14.1. The predicted octanol–water partition coefficient (Wildman–Crippen LogP) is 0.599. The van der Waals surface area contributed by atoms with E-state index >= 15 is 0 Å². The Bertz CT molecular complexity index is 1240. The molecule has 276 valence electrons. The SMILES string of the molecule is C[C@H]([C@H](O)C[C@H](O)C(C)(C)O)[C@H]1CC[C@@]2(C)[C@H]3CC[C@H]4[C@](C)(C(=O)O[C@H]5O[C@@H](CO)[C@@H](O)[C@@H](O)[C@H]5O)[C@@H](O)C[C@@H](O)[C@]45C[C@]35CC[C@]12C. The second-order valence-corrected chi connectivity index (χ2v) is 18.0. The Morgan fingerprint density at radius 1 is 0.896 bits per heavy atom. The maximum atomic E-state index is 14.1. The van der Waals surface area contributed by atoms with Crippen molar-refractivity contribution in [3.05, 3.63) is 0 Å². The van der Waals surface area contributed by atoms with E-state index < -0.39 is 90.0 Å². The van der Waals surface area contributed by atoms with E-state index in [-0.39, 0.29) is 46.8 Å². The molecule has 2 spiro atoms. The lowest BCUT2D eigenvalue weighted by molar-refractivity contribution is -0.300. The first kappa shape index (κ1) is 36.8. The molecular formula is C36H60O12. The molecule has 18 atom stereocenters. The monoisotopic (exact) mass is 684 g/mol. The highest BCUT2D eigenvalue weighted by Gasteiger charge is 2.86. The van der Waals surface area contributed by atoms with E-state index in [9.17, 15) is 50.8 Å². The Kier molecular flexibility index (Phi) is 9.06. The van der Waals surface area contributed by atoms with Gasteiger partial charge in [-0.2, -0.15) is 0 Å². The van der Waals surface area contributed by atoms with E-state index in [0.717, 1.165) is 38.5 Å². The van der Waals surface area contributed by atoms with Crippen LogP contribution < -0.4 is 0 Å². The number of aliphatic hydroxyl groups is 9. The summed E-state index contributed by atoms with van der Waals surface area (Å²) in [5.74, 6) is -0.852. The van der Waals surface area contributed by atoms with E-state index in [0.29, 0.717) is 6.42 Å². The van der Waals surface area contributed by atoms with Crippen LogP contribution in [0.25, 0.3) is 0 Å². The third-order valence-electron chi connectivity index (χ3n) is 15.9. The van der Waals surface area contributed by atoms with Gasteiger partial charge in [0.1, 0.15) is 24.4 Å². The number of aliphatic hydroxyl groups excluding tert-OH is 8. The van der Waals surface area contributed by atoms with Crippen molar-refractivity contribution < 1.29 is 60.2 Å². The van der Waals surface area contributed by atoms with Crippen LogP contribution in [0.2, 0.25) is 0 Å². The maximum Gasteiger partial charge on any atom is 0.317 e. The van der Waals surface area contributed by atoms with E-state index in [1.807, 2.05) is 0 Å².